The number of aryl methyl sites for hydroxylation is 2. The van der Waals surface area contributed by atoms with Crippen molar-refractivity contribution in [2.45, 2.75) is 25.8 Å². The summed E-state index contributed by atoms with van der Waals surface area (Å²) in [6.07, 6.45) is 5.66. The second kappa shape index (κ2) is 6.54. The smallest absolute Gasteiger partial charge is 0.269 e. The van der Waals surface area contributed by atoms with Gasteiger partial charge in [-0.05, 0) is 45.3 Å². The highest BCUT2D eigenvalue weighted by molar-refractivity contribution is 5.92. The van der Waals surface area contributed by atoms with Crippen molar-refractivity contribution in [3.8, 4) is 0 Å². The zero-order valence-corrected chi connectivity index (χ0v) is 13.9. The SMILES string of the molecule is Cc1ncc(C(=O)NC[C@@H]2CCCN(C)[C@H]2c2ccnn2C)[nH]1. The van der Waals surface area contributed by atoms with E-state index in [1.165, 1.54) is 5.69 Å². The monoisotopic (exact) mass is 316 g/mol. The molecule has 1 aliphatic rings. The predicted octanol–water partition coefficient (Wildman–Crippen LogP) is 1.26. The Bertz CT molecular complexity index is 676. The Balaban J connectivity index is 1.69. The van der Waals surface area contributed by atoms with Gasteiger partial charge in [0.15, 0.2) is 0 Å². The van der Waals surface area contributed by atoms with Gasteiger partial charge < -0.3 is 10.3 Å². The number of piperidine rings is 1. The average molecular weight is 316 g/mol. The van der Waals surface area contributed by atoms with E-state index in [-0.39, 0.29) is 11.9 Å². The molecule has 1 saturated heterocycles. The van der Waals surface area contributed by atoms with E-state index in [0.717, 1.165) is 25.2 Å². The van der Waals surface area contributed by atoms with Gasteiger partial charge in [0.05, 0.1) is 17.9 Å². The molecule has 2 aromatic heterocycles. The third-order valence-corrected chi connectivity index (χ3v) is 4.64. The minimum absolute atomic E-state index is 0.0948. The number of imidazole rings is 1. The molecule has 1 aliphatic heterocycles. The lowest BCUT2D eigenvalue weighted by atomic mass is 9.87. The second-order valence-electron chi connectivity index (χ2n) is 6.30. The van der Waals surface area contributed by atoms with Crippen LogP contribution in [0.1, 0.15) is 40.9 Å². The molecule has 0 bridgehead atoms. The molecule has 3 rings (SSSR count). The Kier molecular flexibility index (Phi) is 4.47. The van der Waals surface area contributed by atoms with Crippen LogP contribution in [0.3, 0.4) is 0 Å². The molecule has 0 saturated carbocycles. The molecule has 0 aromatic carbocycles. The topological polar surface area (TPSA) is 78.8 Å². The van der Waals surface area contributed by atoms with Gasteiger partial charge in [0.1, 0.15) is 11.5 Å². The molecule has 0 radical (unpaired) electrons. The third kappa shape index (κ3) is 3.29. The maximum Gasteiger partial charge on any atom is 0.269 e. The van der Waals surface area contributed by atoms with Gasteiger partial charge in [-0.3, -0.25) is 14.4 Å². The molecule has 7 heteroatoms. The van der Waals surface area contributed by atoms with E-state index in [2.05, 4.69) is 38.4 Å². The number of carbonyl (C=O) groups excluding carboxylic acids is 1. The number of carbonyl (C=O) groups is 1. The largest absolute Gasteiger partial charge is 0.350 e. The number of aromatic amines is 1. The lowest BCUT2D eigenvalue weighted by Gasteiger charge is -2.39. The zero-order valence-electron chi connectivity index (χ0n) is 13.9. The van der Waals surface area contributed by atoms with Crippen LogP contribution in [0.25, 0.3) is 0 Å². The number of amides is 1. The fraction of sp³-hybridized carbons (Fsp3) is 0.562. The number of hydrogen-bond acceptors (Lipinski definition) is 4. The Morgan fingerprint density at radius 1 is 1.48 bits per heavy atom. The van der Waals surface area contributed by atoms with Gasteiger partial charge in [-0.1, -0.05) is 0 Å². The highest BCUT2D eigenvalue weighted by Crippen LogP contribution is 2.34. The molecule has 23 heavy (non-hydrogen) atoms. The van der Waals surface area contributed by atoms with E-state index in [1.54, 1.807) is 6.20 Å². The number of nitrogens with one attached hydrogen (secondary N) is 2. The molecule has 0 unspecified atom stereocenters. The first-order chi connectivity index (χ1) is 11.1. The van der Waals surface area contributed by atoms with Crippen molar-refractivity contribution >= 4 is 5.91 Å². The summed E-state index contributed by atoms with van der Waals surface area (Å²) in [5.41, 5.74) is 1.72. The van der Waals surface area contributed by atoms with Gasteiger partial charge in [-0.2, -0.15) is 5.10 Å². The van der Waals surface area contributed by atoms with Gasteiger partial charge in [0.25, 0.3) is 5.91 Å². The van der Waals surface area contributed by atoms with Crippen molar-refractivity contribution < 1.29 is 4.79 Å². The lowest BCUT2D eigenvalue weighted by Crippen LogP contribution is -2.42. The Hall–Kier alpha value is -2.15. The minimum atomic E-state index is -0.0948. The molecular formula is C16H24N6O. The summed E-state index contributed by atoms with van der Waals surface area (Å²) in [6.45, 7) is 3.56. The maximum atomic E-state index is 12.2. The van der Waals surface area contributed by atoms with Crippen LogP contribution in [0.2, 0.25) is 0 Å². The van der Waals surface area contributed by atoms with E-state index >= 15 is 0 Å². The number of likely N-dealkylation sites (tertiary alicyclic amines) is 1. The van der Waals surface area contributed by atoms with Gasteiger partial charge >= 0.3 is 0 Å². The van der Waals surface area contributed by atoms with Crippen molar-refractivity contribution in [3.05, 3.63) is 35.7 Å². The number of rotatable bonds is 4. The van der Waals surface area contributed by atoms with E-state index in [1.807, 2.05) is 24.9 Å². The first kappa shape index (κ1) is 15.7. The summed E-state index contributed by atoms with van der Waals surface area (Å²) in [4.78, 5) is 21.6. The Morgan fingerprint density at radius 2 is 2.30 bits per heavy atom. The lowest BCUT2D eigenvalue weighted by molar-refractivity contribution is 0.0876. The van der Waals surface area contributed by atoms with Gasteiger partial charge in [0.2, 0.25) is 0 Å². The van der Waals surface area contributed by atoms with Crippen molar-refractivity contribution in [3.63, 3.8) is 0 Å². The number of H-pyrrole nitrogens is 1. The standard InChI is InChI=1S/C16H24N6O/c1-11-17-10-13(20-11)16(23)18-9-12-5-4-8-21(2)15(12)14-6-7-19-22(14)3/h6-7,10,12,15H,4-5,8-9H2,1-3H3,(H,17,20)(H,18,23)/t12-,15+/m0/s1. The average Bonchev–Trinajstić information content (AvgIpc) is 3.13. The molecule has 124 valence electrons. The van der Waals surface area contributed by atoms with Crippen LogP contribution < -0.4 is 5.32 Å². The molecule has 7 nitrogen and oxygen atoms in total. The van der Waals surface area contributed by atoms with Crippen LogP contribution in [-0.4, -0.2) is 50.7 Å². The molecule has 2 atom stereocenters. The molecular weight excluding hydrogens is 292 g/mol. The molecule has 2 aromatic rings. The highest BCUT2D eigenvalue weighted by Gasteiger charge is 2.32. The number of nitrogens with zero attached hydrogens (tertiary/aromatic N) is 4. The van der Waals surface area contributed by atoms with Crippen molar-refractivity contribution in [2.75, 3.05) is 20.1 Å². The summed E-state index contributed by atoms with van der Waals surface area (Å²) in [7, 11) is 4.12. The quantitative estimate of drug-likeness (QED) is 0.890. The second-order valence-corrected chi connectivity index (χ2v) is 6.30. The van der Waals surface area contributed by atoms with Crippen LogP contribution in [-0.2, 0) is 7.05 Å². The minimum Gasteiger partial charge on any atom is -0.350 e. The van der Waals surface area contributed by atoms with Crippen LogP contribution in [0.5, 0.6) is 0 Å². The highest BCUT2D eigenvalue weighted by atomic mass is 16.1. The summed E-state index contributed by atoms with van der Waals surface area (Å²) < 4.78 is 1.93. The molecule has 2 N–H and O–H groups in total. The number of hydrogen-bond donors (Lipinski definition) is 2. The van der Waals surface area contributed by atoms with E-state index in [9.17, 15) is 4.79 Å². The van der Waals surface area contributed by atoms with Gasteiger partial charge in [-0.15, -0.1) is 0 Å². The molecule has 3 heterocycles. The van der Waals surface area contributed by atoms with Crippen LogP contribution in [0.15, 0.2) is 18.5 Å². The maximum absolute atomic E-state index is 12.2. The van der Waals surface area contributed by atoms with E-state index in [0.29, 0.717) is 18.2 Å². The first-order valence-corrected chi connectivity index (χ1v) is 8.04. The number of aromatic nitrogens is 4. The van der Waals surface area contributed by atoms with Crippen molar-refractivity contribution in [1.29, 1.82) is 0 Å². The van der Waals surface area contributed by atoms with Crippen molar-refractivity contribution in [1.82, 2.24) is 30.0 Å². The van der Waals surface area contributed by atoms with E-state index < -0.39 is 0 Å². The van der Waals surface area contributed by atoms with Crippen LogP contribution >= 0.6 is 0 Å². The summed E-state index contributed by atoms with van der Waals surface area (Å²) in [5, 5.41) is 7.34. The van der Waals surface area contributed by atoms with Crippen LogP contribution in [0.4, 0.5) is 0 Å². The normalized spacial score (nSPS) is 22.2. The fourth-order valence-corrected chi connectivity index (χ4v) is 3.47. The first-order valence-electron chi connectivity index (χ1n) is 8.04. The predicted molar refractivity (Wildman–Crippen MR) is 87.0 cm³/mol. The molecule has 1 fully saturated rings. The third-order valence-electron chi connectivity index (χ3n) is 4.64. The summed E-state index contributed by atoms with van der Waals surface area (Å²) in [6, 6.07) is 2.35. The molecule has 1 amide bonds. The van der Waals surface area contributed by atoms with Crippen LogP contribution in [0, 0.1) is 12.8 Å². The zero-order chi connectivity index (χ0) is 16.4. The van der Waals surface area contributed by atoms with Gasteiger partial charge in [0, 0.05) is 19.8 Å². The van der Waals surface area contributed by atoms with Crippen molar-refractivity contribution in [2.24, 2.45) is 13.0 Å². The fourth-order valence-electron chi connectivity index (χ4n) is 3.47. The summed E-state index contributed by atoms with van der Waals surface area (Å²) in [5.74, 6) is 1.03. The summed E-state index contributed by atoms with van der Waals surface area (Å²) >= 11 is 0. The Labute approximate surface area is 136 Å². The Morgan fingerprint density at radius 3 is 2.96 bits per heavy atom. The van der Waals surface area contributed by atoms with Gasteiger partial charge in [-0.25, -0.2) is 4.98 Å². The van der Waals surface area contributed by atoms with E-state index in [4.69, 9.17) is 0 Å². The molecule has 0 aliphatic carbocycles. The molecule has 0 spiro atoms.